The Morgan fingerprint density at radius 1 is 1.14 bits per heavy atom. The standard InChI is InChI=1S/C18H15NO2/c1-20-13-7-8-16-14(10-13)15(11-19-16)18-9-6-12-4-2-3-5-17(12)21-18/h2-11,18-19H,1H3. The smallest absolute Gasteiger partial charge is 0.144 e. The second-order valence-electron chi connectivity index (χ2n) is 5.09. The van der Waals surface area contributed by atoms with E-state index in [4.69, 9.17) is 9.47 Å². The largest absolute Gasteiger partial charge is 0.497 e. The molecular weight excluding hydrogens is 262 g/mol. The summed E-state index contributed by atoms with van der Waals surface area (Å²) in [5.41, 5.74) is 3.32. The van der Waals surface area contributed by atoms with Gasteiger partial charge in [0, 0.05) is 28.2 Å². The van der Waals surface area contributed by atoms with Crippen molar-refractivity contribution < 1.29 is 9.47 Å². The van der Waals surface area contributed by atoms with Crippen LogP contribution in [0.25, 0.3) is 17.0 Å². The molecule has 1 unspecified atom stereocenters. The van der Waals surface area contributed by atoms with Crippen LogP contribution in [0.4, 0.5) is 0 Å². The Bertz CT molecular complexity index is 832. The first-order chi connectivity index (χ1) is 10.3. The number of H-pyrrole nitrogens is 1. The summed E-state index contributed by atoms with van der Waals surface area (Å²) in [6.07, 6.45) is 6.13. The third-order valence-electron chi connectivity index (χ3n) is 3.85. The molecule has 0 amide bonds. The number of para-hydroxylation sites is 1. The van der Waals surface area contributed by atoms with Crippen LogP contribution in [0.2, 0.25) is 0 Å². The van der Waals surface area contributed by atoms with Crippen molar-refractivity contribution in [3.8, 4) is 11.5 Å². The molecule has 0 spiro atoms. The number of rotatable bonds is 2. The maximum atomic E-state index is 6.11. The van der Waals surface area contributed by atoms with Crippen molar-refractivity contribution in [3.05, 3.63) is 65.9 Å². The SMILES string of the molecule is COc1ccc2[nH]cc(C3C=Cc4ccccc4O3)c2c1. The van der Waals surface area contributed by atoms with Gasteiger partial charge in [-0.15, -0.1) is 0 Å². The lowest BCUT2D eigenvalue weighted by Gasteiger charge is -2.21. The molecule has 1 N–H and O–H groups in total. The molecular formula is C18H15NO2. The van der Waals surface area contributed by atoms with E-state index in [1.807, 2.05) is 42.6 Å². The number of hydrogen-bond acceptors (Lipinski definition) is 2. The van der Waals surface area contributed by atoms with E-state index in [1.165, 1.54) is 0 Å². The van der Waals surface area contributed by atoms with Gasteiger partial charge in [0.25, 0.3) is 0 Å². The zero-order valence-corrected chi connectivity index (χ0v) is 11.7. The van der Waals surface area contributed by atoms with E-state index in [2.05, 4.69) is 23.2 Å². The lowest BCUT2D eigenvalue weighted by Crippen LogP contribution is -2.08. The molecule has 0 bridgehead atoms. The van der Waals surface area contributed by atoms with Crippen LogP contribution in [-0.2, 0) is 0 Å². The first-order valence-corrected chi connectivity index (χ1v) is 6.94. The van der Waals surface area contributed by atoms with Gasteiger partial charge in [-0.1, -0.05) is 24.3 Å². The normalized spacial score (nSPS) is 16.5. The molecule has 3 heteroatoms. The molecule has 3 aromatic rings. The first-order valence-electron chi connectivity index (χ1n) is 6.94. The summed E-state index contributed by atoms with van der Waals surface area (Å²) < 4.78 is 11.4. The molecule has 0 aliphatic carbocycles. The van der Waals surface area contributed by atoms with Crippen molar-refractivity contribution in [2.24, 2.45) is 0 Å². The van der Waals surface area contributed by atoms with Crippen molar-refractivity contribution in [2.75, 3.05) is 7.11 Å². The molecule has 1 aliphatic heterocycles. The minimum Gasteiger partial charge on any atom is -0.497 e. The molecule has 21 heavy (non-hydrogen) atoms. The fourth-order valence-corrected chi connectivity index (χ4v) is 2.74. The van der Waals surface area contributed by atoms with Crippen LogP contribution < -0.4 is 9.47 Å². The van der Waals surface area contributed by atoms with Crippen molar-refractivity contribution >= 4 is 17.0 Å². The first kappa shape index (κ1) is 12.1. The molecule has 0 radical (unpaired) electrons. The highest BCUT2D eigenvalue weighted by atomic mass is 16.5. The van der Waals surface area contributed by atoms with Gasteiger partial charge in [-0.25, -0.2) is 0 Å². The number of aromatic nitrogens is 1. The van der Waals surface area contributed by atoms with E-state index >= 15 is 0 Å². The monoisotopic (exact) mass is 277 g/mol. The molecule has 0 saturated heterocycles. The molecule has 104 valence electrons. The Morgan fingerprint density at radius 3 is 2.95 bits per heavy atom. The van der Waals surface area contributed by atoms with Gasteiger partial charge in [0.15, 0.2) is 0 Å². The van der Waals surface area contributed by atoms with E-state index in [9.17, 15) is 0 Å². The van der Waals surface area contributed by atoms with Crippen molar-refractivity contribution in [2.45, 2.75) is 6.10 Å². The van der Waals surface area contributed by atoms with Crippen LogP contribution >= 0.6 is 0 Å². The van der Waals surface area contributed by atoms with E-state index in [1.54, 1.807) is 7.11 Å². The van der Waals surface area contributed by atoms with E-state index in [0.29, 0.717) is 0 Å². The fraction of sp³-hybridized carbons (Fsp3) is 0.111. The number of benzene rings is 2. The predicted octanol–water partition coefficient (Wildman–Crippen LogP) is 4.32. The average Bonchev–Trinajstić information content (AvgIpc) is 2.97. The number of hydrogen-bond donors (Lipinski definition) is 1. The van der Waals surface area contributed by atoms with Gasteiger partial charge in [0.05, 0.1) is 7.11 Å². The van der Waals surface area contributed by atoms with Gasteiger partial charge in [-0.2, -0.15) is 0 Å². The summed E-state index contributed by atoms with van der Waals surface area (Å²) in [6.45, 7) is 0. The van der Waals surface area contributed by atoms with E-state index in [-0.39, 0.29) is 6.10 Å². The molecule has 1 aliphatic rings. The highest BCUT2D eigenvalue weighted by Crippen LogP contribution is 2.36. The topological polar surface area (TPSA) is 34.2 Å². The van der Waals surface area contributed by atoms with Gasteiger partial charge < -0.3 is 14.5 Å². The number of ether oxygens (including phenoxy) is 2. The van der Waals surface area contributed by atoms with Crippen LogP contribution in [0.1, 0.15) is 17.2 Å². The third kappa shape index (κ3) is 1.98. The van der Waals surface area contributed by atoms with Crippen LogP contribution in [0.15, 0.2) is 54.7 Å². The van der Waals surface area contributed by atoms with Crippen LogP contribution in [0.5, 0.6) is 11.5 Å². The van der Waals surface area contributed by atoms with Gasteiger partial charge >= 0.3 is 0 Å². The number of nitrogens with one attached hydrogen (secondary N) is 1. The second-order valence-corrected chi connectivity index (χ2v) is 5.09. The Hall–Kier alpha value is -2.68. The summed E-state index contributed by atoms with van der Waals surface area (Å²) in [5.74, 6) is 1.77. The molecule has 4 rings (SSSR count). The van der Waals surface area contributed by atoms with Gasteiger partial charge in [0.2, 0.25) is 0 Å². The lowest BCUT2D eigenvalue weighted by molar-refractivity contribution is 0.253. The highest BCUT2D eigenvalue weighted by Gasteiger charge is 2.19. The third-order valence-corrected chi connectivity index (χ3v) is 3.85. The Labute approximate surface area is 122 Å². The minimum absolute atomic E-state index is 0.0826. The average molecular weight is 277 g/mol. The van der Waals surface area contributed by atoms with Crippen molar-refractivity contribution in [1.29, 1.82) is 0 Å². The van der Waals surface area contributed by atoms with Gasteiger partial charge in [-0.05, 0) is 30.3 Å². The Morgan fingerprint density at radius 2 is 2.05 bits per heavy atom. The molecule has 2 heterocycles. The lowest BCUT2D eigenvalue weighted by atomic mass is 10.0. The summed E-state index contributed by atoms with van der Waals surface area (Å²) in [7, 11) is 1.68. The summed E-state index contributed by atoms with van der Waals surface area (Å²) in [5, 5.41) is 1.13. The Balaban J connectivity index is 1.78. The summed E-state index contributed by atoms with van der Waals surface area (Å²) in [4.78, 5) is 3.29. The van der Waals surface area contributed by atoms with E-state index < -0.39 is 0 Å². The quantitative estimate of drug-likeness (QED) is 0.756. The fourth-order valence-electron chi connectivity index (χ4n) is 2.74. The van der Waals surface area contributed by atoms with Crippen LogP contribution in [0.3, 0.4) is 0 Å². The van der Waals surface area contributed by atoms with Crippen molar-refractivity contribution in [3.63, 3.8) is 0 Å². The molecule has 0 fully saturated rings. The molecule has 2 aromatic carbocycles. The molecule has 1 aromatic heterocycles. The zero-order chi connectivity index (χ0) is 14.2. The number of aromatic amines is 1. The Kier molecular flexibility index (Phi) is 2.71. The van der Waals surface area contributed by atoms with Crippen molar-refractivity contribution in [1.82, 2.24) is 4.98 Å². The maximum Gasteiger partial charge on any atom is 0.144 e. The van der Waals surface area contributed by atoms with Gasteiger partial charge in [-0.3, -0.25) is 0 Å². The molecule has 3 nitrogen and oxygen atoms in total. The van der Waals surface area contributed by atoms with E-state index in [0.717, 1.165) is 33.5 Å². The summed E-state index contributed by atoms with van der Waals surface area (Å²) >= 11 is 0. The van der Waals surface area contributed by atoms with Crippen LogP contribution in [-0.4, -0.2) is 12.1 Å². The number of methoxy groups -OCH3 is 1. The maximum absolute atomic E-state index is 6.11. The number of fused-ring (bicyclic) bond motifs is 2. The zero-order valence-electron chi connectivity index (χ0n) is 11.7. The molecule has 0 saturated carbocycles. The second kappa shape index (κ2) is 4.70. The summed E-state index contributed by atoms with van der Waals surface area (Å²) in [6, 6.07) is 14.1. The van der Waals surface area contributed by atoms with Crippen LogP contribution in [0, 0.1) is 0 Å². The highest BCUT2D eigenvalue weighted by molar-refractivity contribution is 5.85. The molecule has 1 atom stereocenters. The van der Waals surface area contributed by atoms with Gasteiger partial charge in [0.1, 0.15) is 17.6 Å². The predicted molar refractivity (Wildman–Crippen MR) is 83.7 cm³/mol. The minimum atomic E-state index is -0.0826.